The number of hydrogen-bond donors (Lipinski definition) is 0. The highest BCUT2D eigenvalue weighted by molar-refractivity contribution is 5.68. The molecule has 2 aliphatic heterocycles. The first-order valence-electron chi connectivity index (χ1n) is 12.3. The van der Waals surface area contributed by atoms with Gasteiger partial charge in [-0.25, -0.2) is 0 Å². The average molecular weight is 555 g/mol. The maximum Gasteiger partial charge on any atom is 0.303 e. The molecule has 13 nitrogen and oxygen atoms in total. The molecule has 0 N–H and O–H groups in total. The van der Waals surface area contributed by atoms with Gasteiger partial charge in [-0.1, -0.05) is 30.3 Å². The van der Waals surface area contributed by atoms with Crippen LogP contribution in [-0.4, -0.2) is 93.4 Å². The fraction of sp³-hybridized carbons (Fsp3) is 0.615. The Kier molecular flexibility index (Phi) is 11.2. The van der Waals surface area contributed by atoms with E-state index in [-0.39, 0.29) is 19.8 Å². The summed E-state index contributed by atoms with van der Waals surface area (Å²) in [7, 11) is 1.35. The van der Waals surface area contributed by atoms with Gasteiger partial charge in [0.05, 0.1) is 19.8 Å². The van der Waals surface area contributed by atoms with E-state index in [0.29, 0.717) is 0 Å². The second-order valence-corrected chi connectivity index (χ2v) is 8.94. The van der Waals surface area contributed by atoms with E-state index in [0.717, 1.165) is 5.56 Å². The summed E-state index contributed by atoms with van der Waals surface area (Å²) >= 11 is 0. The van der Waals surface area contributed by atoms with E-state index in [2.05, 4.69) is 0 Å². The minimum atomic E-state index is -1.26. The molecule has 0 bridgehead atoms. The third kappa shape index (κ3) is 8.70. The summed E-state index contributed by atoms with van der Waals surface area (Å²) in [6.07, 6.45) is -8.75. The van der Waals surface area contributed by atoms with Crippen molar-refractivity contribution in [3.63, 3.8) is 0 Å². The van der Waals surface area contributed by atoms with Gasteiger partial charge in [0.2, 0.25) is 0 Å². The normalized spacial score (nSPS) is 30.6. The molecule has 0 unspecified atom stereocenters. The lowest BCUT2D eigenvalue weighted by Gasteiger charge is -2.45. The van der Waals surface area contributed by atoms with Crippen LogP contribution in [0.5, 0.6) is 0 Å². The minimum Gasteiger partial charge on any atom is -0.457 e. The number of rotatable bonds is 10. The summed E-state index contributed by atoms with van der Waals surface area (Å²) < 4.78 is 50.7. The zero-order chi connectivity index (χ0) is 28.5. The Bertz CT molecular complexity index is 983. The second-order valence-electron chi connectivity index (χ2n) is 8.94. The second kappa shape index (κ2) is 14.3. The number of methoxy groups -OCH3 is 1. The summed E-state index contributed by atoms with van der Waals surface area (Å²) in [6.45, 7) is 4.63. The Morgan fingerprint density at radius 1 is 0.692 bits per heavy atom. The van der Waals surface area contributed by atoms with Crippen LogP contribution in [-0.2, 0) is 68.4 Å². The van der Waals surface area contributed by atoms with Gasteiger partial charge >= 0.3 is 23.9 Å². The highest BCUT2D eigenvalue weighted by Crippen LogP contribution is 2.31. The molecule has 3 rings (SSSR count). The van der Waals surface area contributed by atoms with Crippen LogP contribution in [0, 0.1) is 0 Å². The number of esters is 4. The first-order valence-corrected chi connectivity index (χ1v) is 12.3. The van der Waals surface area contributed by atoms with Crippen LogP contribution in [0.1, 0.15) is 33.3 Å². The van der Waals surface area contributed by atoms with Crippen LogP contribution >= 0.6 is 0 Å². The van der Waals surface area contributed by atoms with Crippen LogP contribution in [0.3, 0.4) is 0 Å². The fourth-order valence-electron chi connectivity index (χ4n) is 4.35. The van der Waals surface area contributed by atoms with E-state index >= 15 is 0 Å². The molecule has 1 aromatic carbocycles. The Balaban J connectivity index is 1.88. The van der Waals surface area contributed by atoms with Gasteiger partial charge in [-0.05, 0) is 5.56 Å². The Hall–Kier alpha value is -3.10. The Morgan fingerprint density at radius 2 is 1.21 bits per heavy atom. The maximum atomic E-state index is 12.1. The summed E-state index contributed by atoms with van der Waals surface area (Å²) in [5.74, 6) is -2.57. The predicted molar refractivity (Wildman–Crippen MR) is 129 cm³/mol. The molecular formula is C26H34O13. The van der Waals surface area contributed by atoms with Crippen LogP contribution in [0.2, 0.25) is 0 Å². The minimum absolute atomic E-state index is 0.112. The fourth-order valence-corrected chi connectivity index (χ4v) is 4.35. The molecule has 2 aliphatic rings. The summed E-state index contributed by atoms with van der Waals surface area (Å²) in [5.41, 5.74) is 0.829. The average Bonchev–Trinajstić information content (AvgIpc) is 2.86. The summed E-state index contributed by atoms with van der Waals surface area (Å²) in [5, 5.41) is 0. The van der Waals surface area contributed by atoms with Gasteiger partial charge < -0.3 is 42.6 Å². The highest BCUT2D eigenvalue weighted by atomic mass is 16.8. The number of benzene rings is 1. The van der Waals surface area contributed by atoms with Crippen LogP contribution < -0.4 is 0 Å². The van der Waals surface area contributed by atoms with E-state index in [1.807, 2.05) is 30.3 Å². The van der Waals surface area contributed by atoms with Crippen molar-refractivity contribution in [1.29, 1.82) is 0 Å². The van der Waals surface area contributed by atoms with Crippen molar-refractivity contribution >= 4 is 23.9 Å². The molecule has 0 radical (unpaired) electrons. The van der Waals surface area contributed by atoms with E-state index in [9.17, 15) is 19.2 Å². The lowest BCUT2D eigenvalue weighted by atomic mass is 10.0. The van der Waals surface area contributed by atoms with Crippen LogP contribution in [0.4, 0.5) is 0 Å². The van der Waals surface area contributed by atoms with Crippen molar-refractivity contribution in [2.45, 2.75) is 83.5 Å². The topological polar surface area (TPSA) is 151 Å². The first-order chi connectivity index (χ1) is 18.6. The molecule has 8 atom stereocenters. The van der Waals surface area contributed by atoms with Crippen molar-refractivity contribution in [1.82, 2.24) is 0 Å². The maximum absolute atomic E-state index is 12.1. The smallest absolute Gasteiger partial charge is 0.303 e. The molecular weight excluding hydrogens is 520 g/mol. The number of hydrogen-bond acceptors (Lipinski definition) is 13. The van der Waals surface area contributed by atoms with Gasteiger partial charge in [-0.15, -0.1) is 0 Å². The van der Waals surface area contributed by atoms with E-state index < -0.39 is 73.1 Å². The molecule has 2 saturated heterocycles. The van der Waals surface area contributed by atoms with Gasteiger partial charge in [-0.2, -0.15) is 0 Å². The molecule has 2 fully saturated rings. The van der Waals surface area contributed by atoms with Crippen LogP contribution in [0.15, 0.2) is 30.3 Å². The van der Waals surface area contributed by atoms with Gasteiger partial charge in [0.25, 0.3) is 0 Å². The summed E-state index contributed by atoms with van der Waals surface area (Å²) in [4.78, 5) is 47.6. The van der Waals surface area contributed by atoms with E-state index in [1.165, 1.54) is 34.8 Å². The van der Waals surface area contributed by atoms with Crippen molar-refractivity contribution in [3.8, 4) is 0 Å². The van der Waals surface area contributed by atoms with Crippen molar-refractivity contribution in [2.24, 2.45) is 0 Å². The van der Waals surface area contributed by atoms with Crippen LogP contribution in [0.25, 0.3) is 0 Å². The number of carbonyl (C=O) groups is 4. The standard InChI is InChI=1S/C26H34O13/c1-14(27)35-19-12-34-26(23(37-16(3)29)21(19)32-11-18-9-7-6-8-10-18)39-20-13-33-25(31-5)24(38-17(4)30)22(20)36-15(2)28/h6-10,19-26H,11-13H2,1-5H3/t19-,20-,21+,22-,23-,24-,25-,26-/m1/s1. The molecule has 0 amide bonds. The molecule has 2 heterocycles. The van der Waals surface area contributed by atoms with E-state index in [1.54, 1.807) is 0 Å². The van der Waals surface area contributed by atoms with Gasteiger partial charge in [0, 0.05) is 34.8 Å². The quantitative estimate of drug-likeness (QED) is 0.299. The lowest BCUT2D eigenvalue weighted by Crippen LogP contribution is -2.62. The summed E-state index contributed by atoms with van der Waals surface area (Å²) in [6, 6.07) is 9.23. The molecule has 216 valence electrons. The molecule has 0 saturated carbocycles. The van der Waals surface area contributed by atoms with Gasteiger partial charge in [0.15, 0.2) is 37.0 Å². The number of carbonyl (C=O) groups excluding carboxylic acids is 4. The van der Waals surface area contributed by atoms with E-state index in [4.69, 9.17) is 42.6 Å². The third-order valence-corrected chi connectivity index (χ3v) is 5.82. The SMILES string of the molecule is CO[C@@H]1OC[C@@H](O[C@H]2OC[C@@H](OC(C)=O)[C@H](OCc3ccccc3)[C@H]2OC(C)=O)[C@@H](OC(C)=O)[C@H]1OC(C)=O. The molecule has 13 heteroatoms. The van der Waals surface area contributed by atoms with Crippen molar-refractivity contribution in [2.75, 3.05) is 20.3 Å². The van der Waals surface area contributed by atoms with Gasteiger partial charge in [0.1, 0.15) is 12.2 Å². The van der Waals surface area contributed by atoms with Crippen molar-refractivity contribution in [3.05, 3.63) is 35.9 Å². The largest absolute Gasteiger partial charge is 0.457 e. The van der Waals surface area contributed by atoms with Crippen molar-refractivity contribution < 1.29 is 61.8 Å². The number of ether oxygens (including phenoxy) is 9. The molecule has 39 heavy (non-hydrogen) atoms. The highest BCUT2D eigenvalue weighted by Gasteiger charge is 2.51. The zero-order valence-corrected chi connectivity index (χ0v) is 22.4. The monoisotopic (exact) mass is 554 g/mol. The lowest BCUT2D eigenvalue weighted by molar-refractivity contribution is -0.332. The molecule has 0 aromatic heterocycles. The Labute approximate surface area is 225 Å². The molecule has 0 spiro atoms. The third-order valence-electron chi connectivity index (χ3n) is 5.82. The predicted octanol–water partition coefficient (Wildman–Crippen LogP) is 1.04. The molecule has 0 aliphatic carbocycles. The first kappa shape index (κ1) is 30.4. The van der Waals surface area contributed by atoms with Gasteiger partial charge in [-0.3, -0.25) is 19.2 Å². The Morgan fingerprint density at radius 3 is 1.77 bits per heavy atom. The zero-order valence-electron chi connectivity index (χ0n) is 22.4. The molecule has 1 aromatic rings.